The molecule has 0 bridgehead atoms. The molecule has 0 aromatic heterocycles. The van der Waals surface area contributed by atoms with Gasteiger partial charge in [-0.15, -0.1) is 0 Å². The Labute approximate surface area is 109 Å². The van der Waals surface area contributed by atoms with Gasteiger partial charge in [0.15, 0.2) is 0 Å². The average Bonchev–Trinajstić information content (AvgIpc) is 2.27. The van der Waals surface area contributed by atoms with E-state index < -0.39 is 5.60 Å². The molecule has 0 unspecified atom stereocenters. The van der Waals surface area contributed by atoms with Crippen LogP contribution in [0.4, 0.5) is 4.79 Å². The van der Waals surface area contributed by atoms with Crippen molar-refractivity contribution in [3.8, 4) is 0 Å². The Morgan fingerprint density at radius 1 is 1.44 bits per heavy atom. The number of amides is 1. The molecular weight excluding hydrogens is 234 g/mol. The summed E-state index contributed by atoms with van der Waals surface area (Å²) in [6.45, 7) is 8.06. The Morgan fingerprint density at radius 3 is 2.78 bits per heavy atom. The predicted octanol–water partition coefficient (Wildman–Crippen LogP) is 1.64. The Hall–Kier alpha value is -0.810. The maximum atomic E-state index is 11.9. The first-order chi connectivity index (χ1) is 8.42. The molecule has 1 atom stereocenters. The van der Waals surface area contributed by atoms with Gasteiger partial charge in [0.05, 0.1) is 19.8 Å². The van der Waals surface area contributed by atoms with Crippen LogP contribution < -0.4 is 0 Å². The lowest BCUT2D eigenvalue weighted by molar-refractivity contribution is 0.00461. The summed E-state index contributed by atoms with van der Waals surface area (Å²) in [7, 11) is 0. The molecule has 1 heterocycles. The zero-order valence-electron chi connectivity index (χ0n) is 11.6. The Kier molecular flexibility index (Phi) is 5.88. The van der Waals surface area contributed by atoms with Crippen LogP contribution in [0.3, 0.4) is 0 Å². The molecule has 0 saturated carbocycles. The van der Waals surface area contributed by atoms with Gasteiger partial charge in [-0.2, -0.15) is 0 Å². The van der Waals surface area contributed by atoms with E-state index in [4.69, 9.17) is 14.6 Å². The second-order valence-corrected chi connectivity index (χ2v) is 5.73. The molecule has 1 fully saturated rings. The van der Waals surface area contributed by atoms with E-state index in [1.807, 2.05) is 20.8 Å². The van der Waals surface area contributed by atoms with E-state index in [1.165, 1.54) is 0 Å². The van der Waals surface area contributed by atoms with Crippen LogP contribution in [0, 0.1) is 5.92 Å². The zero-order chi connectivity index (χ0) is 13.6. The van der Waals surface area contributed by atoms with Crippen LogP contribution in [0.15, 0.2) is 0 Å². The molecule has 5 nitrogen and oxygen atoms in total. The number of piperidine rings is 1. The molecule has 1 rings (SSSR count). The van der Waals surface area contributed by atoms with Crippen molar-refractivity contribution >= 4 is 6.09 Å². The maximum Gasteiger partial charge on any atom is 0.410 e. The minimum atomic E-state index is -0.447. The van der Waals surface area contributed by atoms with Gasteiger partial charge in [-0.3, -0.25) is 0 Å². The van der Waals surface area contributed by atoms with Crippen molar-refractivity contribution < 1.29 is 19.4 Å². The third kappa shape index (κ3) is 5.69. The van der Waals surface area contributed by atoms with Crippen molar-refractivity contribution in [2.24, 2.45) is 5.92 Å². The molecule has 0 spiro atoms. The Bertz CT molecular complexity index is 262. The predicted molar refractivity (Wildman–Crippen MR) is 68.4 cm³/mol. The minimum absolute atomic E-state index is 0.0441. The molecule has 1 N–H and O–H groups in total. The summed E-state index contributed by atoms with van der Waals surface area (Å²) >= 11 is 0. The molecule has 1 amide bonds. The quantitative estimate of drug-likeness (QED) is 0.780. The van der Waals surface area contributed by atoms with Gasteiger partial charge in [-0.05, 0) is 33.6 Å². The fraction of sp³-hybridized carbons (Fsp3) is 0.923. The van der Waals surface area contributed by atoms with Crippen LogP contribution in [0.5, 0.6) is 0 Å². The standard InChI is InChI=1S/C13H25NO4/c1-13(2,3)18-12(16)14-6-4-5-11(9-14)10-17-8-7-15/h11,15H,4-10H2,1-3H3/t11-/m0/s1. The number of hydrogen-bond acceptors (Lipinski definition) is 4. The summed E-state index contributed by atoms with van der Waals surface area (Å²) in [5.41, 5.74) is -0.447. The molecule has 1 aliphatic rings. The molecule has 0 radical (unpaired) electrons. The van der Waals surface area contributed by atoms with Gasteiger partial charge in [0.2, 0.25) is 0 Å². The summed E-state index contributed by atoms with van der Waals surface area (Å²) in [6, 6.07) is 0. The van der Waals surface area contributed by atoms with Crippen molar-refractivity contribution in [1.29, 1.82) is 0 Å². The highest BCUT2D eigenvalue weighted by molar-refractivity contribution is 5.68. The van der Waals surface area contributed by atoms with E-state index in [9.17, 15) is 4.79 Å². The molecule has 0 aromatic carbocycles. The van der Waals surface area contributed by atoms with E-state index in [2.05, 4.69) is 0 Å². The third-order valence-corrected chi connectivity index (χ3v) is 2.76. The number of rotatable bonds is 4. The largest absolute Gasteiger partial charge is 0.444 e. The number of aliphatic hydroxyl groups is 1. The van der Waals surface area contributed by atoms with Gasteiger partial charge in [0.1, 0.15) is 5.60 Å². The van der Waals surface area contributed by atoms with Crippen molar-refractivity contribution in [3.63, 3.8) is 0 Å². The molecule has 0 aromatic rings. The number of carbonyl (C=O) groups excluding carboxylic acids is 1. The van der Waals surface area contributed by atoms with Crippen LogP contribution in [-0.4, -0.2) is 54.6 Å². The van der Waals surface area contributed by atoms with Crippen LogP contribution in [0.25, 0.3) is 0 Å². The average molecular weight is 259 g/mol. The summed E-state index contributed by atoms with van der Waals surface area (Å²) in [5, 5.41) is 8.65. The topological polar surface area (TPSA) is 59.0 Å². The van der Waals surface area contributed by atoms with E-state index in [0.29, 0.717) is 25.7 Å². The Balaban J connectivity index is 2.36. The summed E-state index contributed by atoms with van der Waals surface area (Å²) < 4.78 is 10.7. The van der Waals surface area contributed by atoms with E-state index in [1.54, 1.807) is 4.90 Å². The number of nitrogens with zero attached hydrogens (tertiary/aromatic N) is 1. The maximum absolute atomic E-state index is 11.9. The first-order valence-electron chi connectivity index (χ1n) is 6.59. The molecule has 1 aliphatic heterocycles. The van der Waals surface area contributed by atoms with Crippen LogP contribution in [-0.2, 0) is 9.47 Å². The monoisotopic (exact) mass is 259 g/mol. The molecule has 1 saturated heterocycles. The number of hydrogen-bond donors (Lipinski definition) is 1. The zero-order valence-corrected chi connectivity index (χ0v) is 11.6. The van der Waals surface area contributed by atoms with Crippen molar-refractivity contribution in [2.45, 2.75) is 39.2 Å². The number of likely N-dealkylation sites (tertiary alicyclic amines) is 1. The van der Waals surface area contributed by atoms with E-state index >= 15 is 0 Å². The van der Waals surface area contributed by atoms with Crippen molar-refractivity contribution in [1.82, 2.24) is 4.90 Å². The molecule has 106 valence electrons. The second-order valence-electron chi connectivity index (χ2n) is 5.73. The highest BCUT2D eigenvalue weighted by Crippen LogP contribution is 2.19. The third-order valence-electron chi connectivity index (χ3n) is 2.76. The van der Waals surface area contributed by atoms with Gasteiger partial charge < -0.3 is 19.5 Å². The molecular formula is C13H25NO4. The fourth-order valence-electron chi connectivity index (χ4n) is 2.01. The lowest BCUT2D eigenvalue weighted by Crippen LogP contribution is -2.43. The number of carbonyl (C=O) groups is 1. The van der Waals surface area contributed by atoms with Crippen LogP contribution >= 0.6 is 0 Å². The van der Waals surface area contributed by atoms with Gasteiger partial charge in [0.25, 0.3) is 0 Å². The molecule has 0 aliphatic carbocycles. The molecule has 5 heteroatoms. The highest BCUT2D eigenvalue weighted by atomic mass is 16.6. The molecule has 18 heavy (non-hydrogen) atoms. The van der Waals surface area contributed by atoms with Gasteiger partial charge in [0, 0.05) is 19.0 Å². The summed E-state index contributed by atoms with van der Waals surface area (Å²) in [6.07, 6.45) is 1.80. The van der Waals surface area contributed by atoms with Crippen molar-refractivity contribution in [2.75, 3.05) is 32.9 Å². The SMILES string of the molecule is CC(C)(C)OC(=O)N1CCC[C@H](COCCO)C1. The van der Waals surface area contributed by atoms with Crippen molar-refractivity contribution in [3.05, 3.63) is 0 Å². The first kappa shape index (κ1) is 15.2. The van der Waals surface area contributed by atoms with Gasteiger partial charge in [-0.1, -0.05) is 0 Å². The first-order valence-corrected chi connectivity index (χ1v) is 6.59. The lowest BCUT2D eigenvalue weighted by atomic mass is 9.99. The van der Waals surface area contributed by atoms with Gasteiger partial charge in [-0.25, -0.2) is 4.79 Å². The van der Waals surface area contributed by atoms with Crippen LogP contribution in [0.2, 0.25) is 0 Å². The second kappa shape index (κ2) is 6.95. The number of aliphatic hydroxyl groups excluding tert-OH is 1. The summed E-state index contributed by atoms with van der Waals surface area (Å²) in [5.74, 6) is 0.345. The highest BCUT2D eigenvalue weighted by Gasteiger charge is 2.27. The van der Waals surface area contributed by atoms with Gasteiger partial charge >= 0.3 is 6.09 Å². The normalized spacial score (nSPS) is 20.9. The smallest absolute Gasteiger partial charge is 0.410 e. The van der Waals surface area contributed by atoms with E-state index in [-0.39, 0.29) is 12.7 Å². The fourth-order valence-corrected chi connectivity index (χ4v) is 2.01. The van der Waals surface area contributed by atoms with Crippen LogP contribution in [0.1, 0.15) is 33.6 Å². The van der Waals surface area contributed by atoms with E-state index in [0.717, 1.165) is 19.4 Å². The Morgan fingerprint density at radius 2 is 2.17 bits per heavy atom. The lowest BCUT2D eigenvalue weighted by Gasteiger charge is -2.34. The minimum Gasteiger partial charge on any atom is -0.444 e. The number of ether oxygens (including phenoxy) is 2. The summed E-state index contributed by atoms with van der Waals surface area (Å²) in [4.78, 5) is 13.7.